The van der Waals surface area contributed by atoms with E-state index < -0.39 is 0 Å². The van der Waals surface area contributed by atoms with Crippen LogP contribution in [0.5, 0.6) is 0 Å². The summed E-state index contributed by atoms with van der Waals surface area (Å²) in [5.41, 5.74) is 0. The van der Waals surface area contributed by atoms with Gasteiger partial charge in [-0.25, -0.2) is 4.98 Å². The minimum absolute atomic E-state index is 0.865. The Kier molecular flexibility index (Phi) is 1.68. The Labute approximate surface area is 67.3 Å². The highest BCUT2D eigenvalue weighted by atomic mass is 15.1. The molecular weight excluding hydrogens is 136 g/mol. The molecule has 60 valence electrons. The molecule has 2 nitrogen and oxygen atoms in total. The van der Waals surface area contributed by atoms with Gasteiger partial charge in [-0.15, -0.1) is 0 Å². The Bertz CT molecular complexity index is 219. The van der Waals surface area contributed by atoms with E-state index in [1.54, 1.807) is 0 Å². The topological polar surface area (TPSA) is 17.8 Å². The molecule has 2 heteroatoms. The third kappa shape index (κ3) is 1.17. The van der Waals surface area contributed by atoms with Crippen LogP contribution in [-0.2, 0) is 13.0 Å². The molecule has 0 saturated heterocycles. The third-order valence-corrected chi connectivity index (χ3v) is 2.42. The zero-order chi connectivity index (χ0) is 7.68. The molecule has 0 radical (unpaired) electrons. The van der Waals surface area contributed by atoms with Crippen LogP contribution in [0.15, 0.2) is 12.4 Å². The molecule has 2 heterocycles. The maximum absolute atomic E-state index is 4.29. The fraction of sp³-hybridized carbons (Fsp3) is 0.667. The Morgan fingerprint density at radius 1 is 1.73 bits per heavy atom. The van der Waals surface area contributed by atoms with Gasteiger partial charge in [0.1, 0.15) is 5.82 Å². The molecule has 1 unspecified atom stereocenters. The zero-order valence-corrected chi connectivity index (χ0v) is 6.95. The molecule has 0 N–H and O–H groups in total. The van der Waals surface area contributed by atoms with Crippen molar-refractivity contribution in [3.8, 4) is 0 Å². The standard InChI is InChI=1S/C9H14N2/c1-2-3-8-6-9-10-4-5-11(9)7-8/h4-5,8H,2-3,6-7H2,1H3. The molecule has 1 aliphatic rings. The summed E-state index contributed by atoms with van der Waals surface area (Å²) in [7, 11) is 0. The molecular formula is C9H14N2. The van der Waals surface area contributed by atoms with E-state index in [4.69, 9.17) is 0 Å². The van der Waals surface area contributed by atoms with Gasteiger partial charge in [0, 0.05) is 25.4 Å². The van der Waals surface area contributed by atoms with E-state index in [9.17, 15) is 0 Å². The summed E-state index contributed by atoms with van der Waals surface area (Å²) < 4.78 is 2.28. The fourth-order valence-electron chi connectivity index (χ4n) is 1.90. The van der Waals surface area contributed by atoms with Crippen molar-refractivity contribution >= 4 is 0 Å². The maximum atomic E-state index is 4.29. The van der Waals surface area contributed by atoms with Crippen molar-refractivity contribution in [2.24, 2.45) is 5.92 Å². The van der Waals surface area contributed by atoms with E-state index in [1.165, 1.54) is 31.6 Å². The number of imidazole rings is 1. The smallest absolute Gasteiger partial charge is 0.108 e. The van der Waals surface area contributed by atoms with Gasteiger partial charge < -0.3 is 4.57 Å². The van der Waals surface area contributed by atoms with Gasteiger partial charge in [0.05, 0.1) is 0 Å². The summed E-state index contributed by atoms with van der Waals surface area (Å²) in [5, 5.41) is 0. The van der Waals surface area contributed by atoms with E-state index in [0.29, 0.717) is 0 Å². The molecule has 2 rings (SSSR count). The molecule has 0 spiro atoms. The predicted octanol–water partition coefficient (Wildman–Crippen LogP) is 1.86. The van der Waals surface area contributed by atoms with Crippen LogP contribution in [0.1, 0.15) is 25.6 Å². The average Bonchev–Trinajstić information content (AvgIpc) is 2.46. The van der Waals surface area contributed by atoms with Crippen LogP contribution >= 0.6 is 0 Å². The van der Waals surface area contributed by atoms with Gasteiger partial charge >= 0.3 is 0 Å². The third-order valence-electron chi connectivity index (χ3n) is 2.42. The van der Waals surface area contributed by atoms with Crippen LogP contribution in [0.2, 0.25) is 0 Å². The van der Waals surface area contributed by atoms with Crippen LogP contribution < -0.4 is 0 Å². The van der Waals surface area contributed by atoms with Gasteiger partial charge in [-0.1, -0.05) is 13.3 Å². The quantitative estimate of drug-likeness (QED) is 0.629. The second-order valence-electron chi connectivity index (χ2n) is 3.35. The molecule has 0 aliphatic carbocycles. The summed E-state index contributed by atoms with van der Waals surface area (Å²) in [4.78, 5) is 4.29. The molecule has 0 amide bonds. The Morgan fingerprint density at radius 3 is 3.36 bits per heavy atom. The lowest BCUT2D eigenvalue weighted by molar-refractivity contribution is 0.468. The number of hydrogen-bond donors (Lipinski definition) is 0. The fourth-order valence-corrected chi connectivity index (χ4v) is 1.90. The van der Waals surface area contributed by atoms with E-state index >= 15 is 0 Å². The van der Waals surface area contributed by atoms with Crippen LogP contribution in [0.3, 0.4) is 0 Å². The molecule has 11 heavy (non-hydrogen) atoms. The minimum Gasteiger partial charge on any atom is -0.335 e. The first-order valence-electron chi connectivity index (χ1n) is 4.40. The van der Waals surface area contributed by atoms with Crippen molar-refractivity contribution in [2.45, 2.75) is 32.7 Å². The Morgan fingerprint density at radius 2 is 2.64 bits per heavy atom. The molecule has 0 aromatic carbocycles. The first-order valence-corrected chi connectivity index (χ1v) is 4.40. The maximum Gasteiger partial charge on any atom is 0.108 e. The summed E-state index contributed by atoms with van der Waals surface area (Å²) in [6.45, 7) is 3.45. The SMILES string of the molecule is CCCC1Cc2nccn2C1. The normalized spacial score (nSPS) is 22.1. The van der Waals surface area contributed by atoms with Gasteiger partial charge in [0.2, 0.25) is 0 Å². The van der Waals surface area contributed by atoms with Gasteiger partial charge in [-0.05, 0) is 12.3 Å². The lowest BCUT2D eigenvalue weighted by Gasteiger charge is -2.04. The van der Waals surface area contributed by atoms with E-state index in [1.807, 2.05) is 6.20 Å². The number of fused-ring (bicyclic) bond motifs is 1. The molecule has 1 aromatic rings. The second kappa shape index (κ2) is 2.68. The van der Waals surface area contributed by atoms with Gasteiger partial charge in [0.25, 0.3) is 0 Å². The largest absolute Gasteiger partial charge is 0.335 e. The van der Waals surface area contributed by atoms with Crippen molar-refractivity contribution < 1.29 is 0 Å². The van der Waals surface area contributed by atoms with Crippen molar-refractivity contribution in [3.63, 3.8) is 0 Å². The zero-order valence-electron chi connectivity index (χ0n) is 6.95. The number of nitrogens with zero attached hydrogens (tertiary/aromatic N) is 2. The molecule has 0 fully saturated rings. The predicted molar refractivity (Wildman–Crippen MR) is 44.3 cm³/mol. The van der Waals surface area contributed by atoms with Gasteiger partial charge in [0.15, 0.2) is 0 Å². The molecule has 1 aliphatic heterocycles. The highest BCUT2D eigenvalue weighted by molar-refractivity contribution is 4.99. The molecule has 1 atom stereocenters. The van der Waals surface area contributed by atoms with Gasteiger partial charge in [-0.2, -0.15) is 0 Å². The van der Waals surface area contributed by atoms with Crippen LogP contribution in [-0.4, -0.2) is 9.55 Å². The van der Waals surface area contributed by atoms with E-state index in [0.717, 1.165) is 5.92 Å². The first kappa shape index (κ1) is 6.89. The van der Waals surface area contributed by atoms with Crippen molar-refractivity contribution in [3.05, 3.63) is 18.2 Å². The summed E-state index contributed by atoms with van der Waals surface area (Å²) in [6.07, 6.45) is 7.84. The van der Waals surface area contributed by atoms with Crippen LogP contribution in [0.4, 0.5) is 0 Å². The van der Waals surface area contributed by atoms with Gasteiger partial charge in [-0.3, -0.25) is 0 Å². The monoisotopic (exact) mass is 150 g/mol. The average molecular weight is 150 g/mol. The molecule has 0 saturated carbocycles. The Balaban J connectivity index is 2.04. The van der Waals surface area contributed by atoms with Crippen molar-refractivity contribution in [1.29, 1.82) is 0 Å². The first-order chi connectivity index (χ1) is 5.40. The summed E-state index contributed by atoms with van der Waals surface area (Å²) >= 11 is 0. The number of aromatic nitrogens is 2. The molecule has 0 bridgehead atoms. The lowest BCUT2D eigenvalue weighted by atomic mass is 10.0. The second-order valence-corrected chi connectivity index (χ2v) is 3.35. The van der Waals surface area contributed by atoms with Crippen molar-refractivity contribution in [1.82, 2.24) is 9.55 Å². The number of rotatable bonds is 2. The highest BCUT2D eigenvalue weighted by Gasteiger charge is 2.20. The lowest BCUT2D eigenvalue weighted by Crippen LogP contribution is -2.00. The summed E-state index contributed by atoms with van der Waals surface area (Å²) in [6, 6.07) is 0. The van der Waals surface area contributed by atoms with Crippen LogP contribution in [0, 0.1) is 5.92 Å². The molecule has 1 aromatic heterocycles. The minimum atomic E-state index is 0.865. The number of hydrogen-bond acceptors (Lipinski definition) is 1. The van der Waals surface area contributed by atoms with Crippen molar-refractivity contribution in [2.75, 3.05) is 0 Å². The Hall–Kier alpha value is -0.790. The van der Waals surface area contributed by atoms with E-state index in [2.05, 4.69) is 22.7 Å². The van der Waals surface area contributed by atoms with Crippen LogP contribution in [0.25, 0.3) is 0 Å². The highest BCUT2D eigenvalue weighted by Crippen LogP contribution is 2.22. The summed E-state index contributed by atoms with van der Waals surface area (Å²) in [5.74, 6) is 2.15. The van der Waals surface area contributed by atoms with E-state index in [-0.39, 0.29) is 0 Å².